The maximum atomic E-state index is 11.6. The summed E-state index contributed by atoms with van der Waals surface area (Å²) in [6.07, 6.45) is 4.04. The summed E-state index contributed by atoms with van der Waals surface area (Å²) >= 11 is 0. The maximum absolute atomic E-state index is 11.6. The summed E-state index contributed by atoms with van der Waals surface area (Å²) in [5.74, 6) is 0.580. The van der Waals surface area contributed by atoms with Crippen molar-refractivity contribution < 1.29 is 4.79 Å². The fourth-order valence-corrected chi connectivity index (χ4v) is 1.59. The van der Waals surface area contributed by atoms with Crippen LogP contribution in [0.2, 0.25) is 0 Å². The Labute approximate surface area is 89.1 Å². The van der Waals surface area contributed by atoms with Gasteiger partial charge in [-0.05, 0) is 37.6 Å². The standard InChI is InChI=1S/C11H15N3O/c1-8-2-10(7-12-4-8)14-11(15)3-9-5-13-6-9/h2,4,7,9,13H,3,5-6H2,1H3,(H,14,15). The molecule has 1 aromatic rings. The lowest BCUT2D eigenvalue weighted by Crippen LogP contribution is -2.43. The first kappa shape index (κ1) is 10.1. The first-order chi connectivity index (χ1) is 7.24. The predicted molar refractivity (Wildman–Crippen MR) is 58.6 cm³/mol. The number of anilines is 1. The number of nitrogens with zero attached hydrogens (tertiary/aromatic N) is 1. The quantitative estimate of drug-likeness (QED) is 0.772. The topological polar surface area (TPSA) is 54.0 Å². The van der Waals surface area contributed by atoms with Crippen molar-refractivity contribution in [2.24, 2.45) is 5.92 Å². The number of aromatic nitrogens is 1. The van der Waals surface area contributed by atoms with Gasteiger partial charge in [0.25, 0.3) is 0 Å². The van der Waals surface area contributed by atoms with Gasteiger partial charge < -0.3 is 10.6 Å². The Balaban J connectivity index is 1.87. The third kappa shape index (κ3) is 2.76. The number of rotatable bonds is 3. The lowest BCUT2D eigenvalue weighted by atomic mass is 9.99. The van der Waals surface area contributed by atoms with Crippen LogP contribution < -0.4 is 10.6 Å². The molecule has 2 rings (SSSR count). The van der Waals surface area contributed by atoms with Crippen LogP contribution in [-0.4, -0.2) is 24.0 Å². The van der Waals surface area contributed by atoms with Crippen LogP contribution in [0.4, 0.5) is 5.69 Å². The molecule has 15 heavy (non-hydrogen) atoms. The lowest BCUT2D eigenvalue weighted by molar-refractivity contribution is -0.117. The minimum Gasteiger partial charge on any atom is -0.325 e. The van der Waals surface area contributed by atoms with E-state index in [1.165, 1.54) is 0 Å². The number of nitrogens with one attached hydrogen (secondary N) is 2. The minimum absolute atomic E-state index is 0.0777. The molecule has 0 radical (unpaired) electrons. The summed E-state index contributed by atoms with van der Waals surface area (Å²) in [4.78, 5) is 15.6. The van der Waals surface area contributed by atoms with Crippen molar-refractivity contribution in [2.75, 3.05) is 18.4 Å². The van der Waals surface area contributed by atoms with Crippen LogP contribution in [0.1, 0.15) is 12.0 Å². The highest BCUT2D eigenvalue weighted by molar-refractivity contribution is 5.90. The highest BCUT2D eigenvalue weighted by atomic mass is 16.1. The number of carbonyl (C=O) groups excluding carboxylic acids is 1. The third-order valence-corrected chi connectivity index (χ3v) is 2.50. The molecule has 1 saturated heterocycles. The molecule has 0 aromatic carbocycles. The summed E-state index contributed by atoms with van der Waals surface area (Å²) in [7, 11) is 0. The Kier molecular flexibility index (Phi) is 2.97. The van der Waals surface area contributed by atoms with Gasteiger partial charge >= 0.3 is 0 Å². The number of amides is 1. The second-order valence-corrected chi connectivity index (χ2v) is 4.03. The van der Waals surface area contributed by atoms with E-state index in [1.807, 2.05) is 13.0 Å². The second kappa shape index (κ2) is 4.40. The number of pyridine rings is 1. The average Bonchev–Trinajstić information content (AvgIpc) is 2.11. The van der Waals surface area contributed by atoms with E-state index in [-0.39, 0.29) is 5.91 Å². The molecule has 1 aromatic heterocycles. The van der Waals surface area contributed by atoms with Crippen LogP contribution in [0.25, 0.3) is 0 Å². The SMILES string of the molecule is Cc1cncc(NC(=O)CC2CNC2)c1. The Morgan fingerprint density at radius 3 is 3.00 bits per heavy atom. The van der Waals surface area contributed by atoms with Crippen LogP contribution in [0.3, 0.4) is 0 Å². The fourth-order valence-electron chi connectivity index (χ4n) is 1.59. The van der Waals surface area contributed by atoms with Crippen molar-refractivity contribution in [1.29, 1.82) is 0 Å². The number of aryl methyl sites for hydroxylation is 1. The van der Waals surface area contributed by atoms with Crippen molar-refractivity contribution >= 4 is 11.6 Å². The van der Waals surface area contributed by atoms with Gasteiger partial charge in [-0.2, -0.15) is 0 Å². The van der Waals surface area contributed by atoms with Gasteiger partial charge in [-0.1, -0.05) is 0 Å². The summed E-state index contributed by atoms with van der Waals surface area (Å²) in [6, 6.07) is 1.92. The molecule has 4 heteroatoms. The third-order valence-electron chi connectivity index (χ3n) is 2.50. The molecule has 2 N–H and O–H groups in total. The molecular weight excluding hydrogens is 190 g/mol. The smallest absolute Gasteiger partial charge is 0.224 e. The van der Waals surface area contributed by atoms with Crippen LogP contribution in [-0.2, 0) is 4.79 Å². The lowest BCUT2D eigenvalue weighted by Gasteiger charge is -2.26. The highest BCUT2D eigenvalue weighted by Gasteiger charge is 2.19. The molecule has 0 atom stereocenters. The first-order valence-electron chi connectivity index (χ1n) is 5.16. The normalized spacial score (nSPS) is 15.8. The van der Waals surface area contributed by atoms with E-state index in [4.69, 9.17) is 0 Å². The molecule has 1 amide bonds. The van der Waals surface area contributed by atoms with Gasteiger partial charge in [-0.3, -0.25) is 9.78 Å². The molecule has 1 aliphatic rings. The van der Waals surface area contributed by atoms with Crippen LogP contribution >= 0.6 is 0 Å². The summed E-state index contributed by atoms with van der Waals surface area (Å²) in [6.45, 7) is 3.87. The van der Waals surface area contributed by atoms with Gasteiger partial charge in [0.05, 0.1) is 11.9 Å². The highest BCUT2D eigenvalue weighted by Crippen LogP contribution is 2.12. The molecule has 0 unspecified atom stereocenters. The summed E-state index contributed by atoms with van der Waals surface area (Å²) in [5, 5.41) is 6.00. The van der Waals surface area contributed by atoms with Gasteiger partial charge in [0, 0.05) is 12.6 Å². The van der Waals surface area contributed by atoms with Gasteiger partial charge in [-0.25, -0.2) is 0 Å². The van der Waals surface area contributed by atoms with Gasteiger partial charge in [0.15, 0.2) is 0 Å². The van der Waals surface area contributed by atoms with Crippen molar-refractivity contribution in [3.8, 4) is 0 Å². The Morgan fingerprint density at radius 1 is 1.60 bits per heavy atom. The minimum atomic E-state index is 0.0777. The maximum Gasteiger partial charge on any atom is 0.224 e. The number of carbonyl (C=O) groups is 1. The first-order valence-corrected chi connectivity index (χ1v) is 5.16. The Hall–Kier alpha value is -1.42. The van der Waals surface area contributed by atoms with E-state index in [1.54, 1.807) is 12.4 Å². The molecule has 80 valence electrons. The van der Waals surface area contributed by atoms with Crippen molar-refractivity contribution in [1.82, 2.24) is 10.3 Å². The van der Waals surface area contributed by atoms with Crippen LogP contribution in [0.5, 0.6) is 0 Å². The molecule has 0 aliphatic carbocycles. The molecule has 0 saturated carbocycles. The fraction of sp³-hybridized carbons (Fsp3) is 0.455. The van der Waals surface area contributed by atoms with Crippen molar-refractivity contribution in [2.45, 2.75) is 13.3 Å². The van der Waals surface area contributed by atoms with Crippen LogP contribution in [0, 0.1) is 12.8 Å². The monoisotopic (exact) mass is 205 g/mol. The van der Waals surface area contributed by atoms with E-state index in [0.717, 1.165) is 24.3 Å². The van der Waals surface area contributed by atoms with E-state index < -0.39 is 0 Å². The molecule has 0 spiro atoms. The summed E-state index contributed by atoms with van der Waals surface area (Å²) < 4.78 is 0. The largest absolute Gasteiger partial charge is 0.325 e. The van der Waals surface area contributed by atoms with Gasteiger partial charge in [-0.15, -0.1) is 0 Å². The molecule has 0 bridgehead atoms. The molecule has 2 heterocycles. The Bertz CT molecular complexity index is 361. The molecule has 1 aliphatic heterocycles. The predicted octanol–water partition coefficient (Wildman–Crippen LogP) is 0.938. The zero-order chi connectivity index (χ0) is 10.7. The summed E-state index contributed by atoms with van der Waals surface area (Å²) in [5.41, 5.74) is 1.84. The molecular formula is C11H15N3O. The van der Waals surface area contributed by atoms with E-state index >= 15 is 0 Å². The zero-order valence-electron chi connectivity index (χ0n) is 8.79. The number of hydrogen-bond donors (Lipinski definition) is 2. The Morgan fingerprint density at radius 2 is 2.40 bits per heavy atom. The number of hydrogen-bond acceptors (Lipinski definition) is 3. The van der Waals surface area contributed by atoms with Gasteiger partial charge in [0.2, 0.25) is 5.91 Å². The zero-order valence-corrected chi connectivity index (χ0v) is 8.79. The van der Waals surface area contributed by atoms with Crippen molar-refractivity contribution in [3.05, 3.63) is 24.0 Å². The molecule has 4 nitrogen and oxygen atoms in total. The van der Waals surface area contributed by atoms with E-state index in [2.05, 4.69) is 15.6 Å². The average molecular weight is 205 g/mol. The van der Waals surface area contributed by atoms with Crippen LogP contribution in [0.15, 0.2) is 18.5 Å². The van der Waals surface area contributed by atoms with E-state index in [9.17, 15) is 4.79 Å². The van der Waals surface area contributed by atoms with E-state index in [0.29, 0.717) is 12.3 Å². The second-order valence-electron chi connectivity index (χ2n) is 4.03. The van der Waals surface area contributed by atoms with Crippen molar-refractivity contribution in [3.63, 3.8) is 0 Å². The van der Waals surface area contributed by atoms with Gasteiger partial charge in [0.1, 0.15) is 0 Å². The molecule has 1 fully saturated rings.